The van der Waals surface area contributed by atoms with Gasteiger partial charge in [-0.2, -0.15) is 0 Å². The van der Waals surface area contributed by atoms with Gasteiger partial charge in [-0.1, -0.05) is 25.4 Å². The molecule has 0 aliphatic carbocycles. The van der Waals surface area contributed by atoms with Crippen LogP contribution in [0.4, 0.5) is 0 Å². The Hall–Kier alpha value is -0.610. The number of rotatable bonds is 3. The molecule has 4 bridgehead atoms. The number of piperidine rings is 2. The summed E-state index contributed by atoms with van der Waals surface area (Å²) in [5, 5.41) is 11.9. The van der Waals surface area contributed by atoms with E-state index in [0.717, 1.165) is 44.0 Å². The molecular weight excluding hydrogens is 296 g/mol. The van der Waals surface area contributed by atoms with Gasteiger partial charge in [-0.15, -0.1) is 0 Å². The molecule has 3 N–H and O–H groups in total. The van der Waals surface area contributed by atoms with Gasteiger partial charge in [-0.05, 0) is 37.1 Å². The smallest absolute Gasteiger partial charge is 0.240 e. The lowest BCUT2D eigenvalue weighted by Gasteiger charge is -2.64. The molecule has 4 fully saturated rings. The van der Waals surface area contributed by atoms with Crippen LogP contribution in [0.1, 0.15) is 38.4 Å². The van der Waals surface area contributed by atoms with Crippen LogP contribution in [-0.2, 0) is 0 Å². The molecule has 4 heterocycles. The van der Waals surface area contributed by atoms with Crippen LogP contribution in [0.2, 0.25) is 5.02 Å². The van der Waals surface area contributed by atoms with Crippen LogP contribution in [0.3, 0.4) is 0 Å². The lowest BCUT2D eigenvalue weighted by molar-refractivity contribution is -1.19. The molecule has 0 spiro atoms. The van der Waals surface area contributed by atoms with E-state index in [0.29, 0.717) is 6.17 Å². The van der Waals surface area contributed by atoms with Gasteiger partial charge in [0.1, 0.15) is 0 Å². The maximum atomic E-state index is 11.1. The number of benzene rings is 1. The molecule has 4 heteroatoms. The van der Waals surface area contributed by atoms with Crippen LogP contribution in [0.15, 0.2) is 24.3 Å². The van der Waals surface area contributed by atoms with Gasteiger partial charge in [0.2, 0.25) is 6.17 Å². The van der Waals surface area contributed by atoms with E-state index in [2.05, 4.69) is 26.0 Å². The number of hydrogen-bond acceptors (Lipinski definition) is 1. The SMILES string of the molecule is CCC12C[NH+]3CC(CC)(C[NH+](C1)C3c1ccc(Cl)cc1)C2O. The van der Waals surface area contributed by atoms with Crippen molar-refractivity contribution in [2.75, 3.05) is 26.2 Å². The van der Waals surface area contributed by atoms with Gasteiger partial charge in [-0.25, -0.2) is 0 Å². The molecule has 1 aromatic rings. The molecule has 0 aromatic heterocycles. The van der Waals surface area contributed by atoms with E-state index in [1.165, 1.54) is 5.56 Å². The van der Waals surface area contributed by atoms with Gasteiger partial charge >= 0.3 is 0 Å². The summed E-state index contributed by atoms with van der Waals surface area (Å²) in [6.45, 7) is 8.98. The average molecular weight is 323 g/mol. The fraction of sp³-hybridized carbons (Fsp3) is 0.667. The molecule has 0 saturated carbocycles. The van der Waals surface area contributed by atoms with Crippen molar-refractivity contribution in [2.45, 2.75) is 39.0 Å². The maximum Gasteiger partial charge on any atom is 0.240 e. The molecule has 4 aliphatic rings. The van der Waals surface area contributed by atoms with Gasteiger partial charge in [0, 0.05) is 5.02 Å². The number of hydrogen-bond donors (Lipinski definition) is 3. The monoisotopic (exact) mass is 322 g/mol. The highest BCUT2D eigenvalue weighted by molar-refractivity contribution is 6.30. The van der Waals surface area contributed by atoms with E-state index in [-0.39, 0.29) is 16.9 Å². The van der Waals surface area contributed by atoms with Crippen molar-refractivity contribution in [3.05, 3.63) is 34.9 Å². The topological polar surface area (TPSA) is 29.1 Å². The van der Waals surface area contributed by atoms with E-state index in [1.54, 1.807) is 9.80 Å². The van der Waals surface area contributed by atoms with Crippen LogP contribution in [0.25, 0.3) is 0 Å². The van der Waals surface area contributed by atoms with Crippen molar-refractivity contribution < 1.29 is 14.9 Å². The largest absolute Gasteiger partial charge is 0.391 e. The molecular formula is C18H27ClN2O+2. The first-order valence-electron chi connectivity index (χ1n) is 8.66. The molecule has 0 unspecified atom stereocenters. The number of quaternary nitrogens is 2. The summed E-state index contributed by atoms with van der Waals surface area (Å²) in [5.74, 6) is 0. The molecule has 5 rings (SSSR count). The Labute approximate surface area is 137 Å². The normalized spacial score (nSPS) is 46.2. The Bertz CT molecular complexity index is 533. The summed E-state index contributed by atoms with van der Waals surface area (Å²) >= 11 is 6.06. The summed E-state index contributed by atoms with van der Waals surface area (Å²) in [4.78, 5) is 3.34. The molecule has 22 heavy (non-hydrogen) atoms. The summed E-state index contributed by atoms with van der Waals surface area (Å²) in [6, 6.07) is 8.43. The Kier molecular flexibility index (Phi) is 3.36. The van der Waals surface area contributed by atoms with E-state index in [1.807, 2.05) is 12.1 Å². The van der Waals surface area contributed by atoms with Crippen molar-refractivity contribution in [1.29, 1.82) is 0 Å². The Morgan fingerprint density at radius 3 is 1.86 bits per heavy atom. The van der Waals surface area contributed by atoms with E-state index in [4.69, 9.17) is 11.6 Å². The highest BCUT2D eigenvalue weighted by atomic mass is 35.5. The molecule has 120 valence electrons. The summed E-state index contributed by atoms with van der Waals surface area (Å²) in [5.41, 5.74) is 1.65. The van der Waals surface area contributed by atoms with Crippen LogP contribution in [0.5, 0.6) is 0 Å². The second kappa shape index (κ2) is 4.94. The molecule has 1 aromatic carbocycles. The molecule has 3 nitrogen and oxygen atoms in total. The van der Waals surface area contributed by atoms with Crippen LogP contribution < -0.4 is 9.80 Å². The lowest BCUT2D eigenvalue weighted by atomic mass is 9.57. The minimum Gasteiger partial charge on any atom is -0.391 e. The van der Waals surface area contributed by atoms with Gasteiger partial charge in [0.05, 0.1) is 48.7 Å². The predicted molar refractivity (Wildman–Crippen MR) is 87.0 cm³/mol. The summed E-state index contributed by atoms with van der Waals surface area (Å²) in [6.07, 6.45) is 2.59. The average Bonchev–Trinajstić information content (AvgIpc) is 2.52. The standard InChI is InChI=1S/C18H25ClN2O/c1-3-17-9-20-11-18(4-2,16(17)22)12-21(10-17)15(20)13-5-7-14(19)8-6-13/h5-8,15-16,22H,3-4,9-12H2,1-2H3/p+2. The zero-order valence-corrected chi connectivity index (χ0v) is 14.3. The number of aliphatic hydroxyl groups is 1. The Balaban J connectivity index is 1.73. The second-order valence-electron chi connectivity index (χ2n) is 7.84. The van der Waals surface area contributed by atoms with Gasteiger partial charge in [-0.3, -0.25) is 9.80 Å². The third-order valence-electron chi connectivity index (χ3n) is 6.90. The fourth-order valence-electron chi connectivity index (χ4n) is 5.81. The molecule has 0 radical (unpaired) electrons. The van der Waals surface area contributed by atoms with Crippen molar-refractivity contribution in [3.8, 4) is 0 Å². The Morgan fingerprint density at radius 2 is 1.45 bits per heavy atom. The molecule has 0 amide bonds. The molecule has 0 atom stereocenters. The maximum absolute atomic E-state index is 11.1. The highest BCUT2D eigenvalue weighted by Gasteiger charge is 2.69. The van der Waals surface area contributed by atoms with E-state index in [9.17, 15) is 5.11 Å². The van der Waals surface area contributed by atoms with E-state index >= 15 is 0 Å². The number of aliphatic hydroxyl groups excluding tert-OH is 1. The molecule has 4 aliphatic heterocycles. The van der Waals surface area contributed by atoms with Crippen molar-refractivity contribution >= 4 is 11.6 Å². The zero-order chi connectivity index (χ0) is 15.5. The Morgan fingerprint density at radius 1 is 1.00 bits per heavy atom. The minimum atomic E-state index is -0.117. The first-order chi connectivity index (χ1) is 10.5. The van der Waals surface area contributed by atoms with Crippen molar-refractivity contribution in [1.82, 2.24) is 0 Å². The van der Waals surface area contributed by atoms with Crippen molar-refractivity contribution in [3.63, 3.8) is 0 Å². The molecule has 4 saturated heterocycles. The van der Waals surface area contributed by atoms with E-state index < -0.39 is 0 Å². The van der Waals surface area contributed by atoms with Gasteiger partial charge < -0.3 is 5.11 Å². The third-order valence-corrected chi connectivity index (χ3v) is 7.16. The first kappa shape index (κ1) is 14.9. The van der Waals surface area contributed by atoms with Crippen molar-refractivity contribution in [2.24, 2.45) is 10.8 Å². The van der Waals surface area contributed by atoms with Crippen LogP contribution in [-0.4, -0.2) is 37.4 Å². The zero-order valence-electron chi connectivity index (χ0n) is 13.5. The summed E-state index contributed by atoms with van der Waals surface area (Å²) < 4.78 is 0. The minimum absolute atomic E-state index is 0.117. The van der Waals surface area contributed by atoms with Crippen LogP contribution in [0, 0.1) is 10.8 Å². The predicted octanol–water partition coefficient (Wildman–Crippen LogP) is 0.303. The summed E-state index contributed by atoms with van der Waals surface area (Å²) in [7, 11) is 0. The number of nitrogens with one attached hydrogen (secondary N) is 2. The quantitative estimate of drug-likeness (QED) is 0.734. The first-order valence-corrected chi connectivity index (χ1v) is 9.04. The number of halogens is 1. The highest BCUT2D eigenvalue weighted by Crippen LogP contribution is 2.44. The van der Waals surface area contributed by atoms with Gasteiger partial charge in [0.25, 0.3) is 0 Å². The lowest BCUT2D eigenvalue weighted by Crippen LogP contribution is -3.41. The third kappa shape index (κ3) is 1.86. The van der Waals surface area contributed by atoms with Gasteiger partial charge in [0.15, 0.2) is 0 Å². The second-order valence-corrected chi connectivity index (χ2v) is 8.28. The fourth-order valence-corrected chi connectivity index (χ4v) is 5.93. The van der Waals surface area contributed by atoms with Crippen LogP contribution >= 0.6 is 11.6 Å².